The third-order valence-corrected chi connectivity index (χ3v) is 3.67. The number of nitrogens with zero attached hydrogens (tertiary/aromatic N) is 3. The van der Waals surface area contributed by atoms with Gasteiger partial charge in [-0.3, -0.25) is 0 Å². The standard InChI is InChI=1S/C15H26N4O/c1-15(20,10-19(2)3)9-16-14-12-7-5-4-6-8-13(12)17-11-18-14/h11,20H,4-10H2,1-3H3,(H,16,17,18). The number of aliphatic hydroxyl groups is 1. The molecule has 1 unspecified atom stereocenters. The van der Waals surface area contributed by atoms with Crippen LogP contribution in [-0.4, -0.2) is 52.8 Å². The van der Waals surface area contributed by atoms with Crippen molar-refractivity contribution in [1.82, 2.24) is 14.9 Å². The Bertz CT molecular complexity index is 445. The third-order valence-electron chi connectivity index (χ3n) is 3.67. The highest BCUT2D eigenvalue weighted by Gasteiger charge is 2.22. The smallest absolute Gasteiger partial charge is 0.132 e. The Morgan fingerprint density at radius 2 is 2.00 bits per heavy atom. The van der Waals surface area contributed by atoms with Gasteiger partial charge in [0.1, 0.15) is 12.1 Å². The number of nitrogens with one attached hydrogen (secondary N) is 1. The quantitative estimate of drug-likeness (QED) is 0.799. The molecule has 2 rings (SSSR count). The van der Waals surface area contributed by atoms with Crippen molar-refractivity contribution < 1.29 is 5.11 Å². The molecule has 0 aromatic carbocycles. The molecule has 0 spiro atoms. The molecule has 0 saturated heterocycles. The number of fused-ring (bicyclic) bond motifs is 1. The fourth-order valence-corrected chi connectivity index (χ4v) is 2.86. The summed E-state index contributed by atoms with van der Waals surface area (Å²) in [6.45, 7) is 2.96. The molecular formula is C15H26N4O. The van der Waals surface area contributed by atoms with Crippen molar-refractivity contribution in [3.63, 3.8) is 0 Å². The minimum Gasteiger partial charge on any atom is -0.387 e. The van der Waals surface area contributed by atoms with E-state index in [1.54, 1.807) is 6.33 Å². The first-order chi connectivity index (χ1) is 9.48. The van der Waals surface area contributed by atoms with E-state index in [-0.39, 0.29) is 0 Å². The molecular weight excluding hydrogens is 252 g/mol. The molecule has 0 fully saturated rings. The van der Waals surface area contributed by atoms with Crippen LogP contribution in [0.1, 0.15) is 37.4 Å². The van der Waals surface area contributed by atoms with Gasteiger partial charge in [0.2, 0.25) is 0 Å². The second-order valence-electron chi connectivity index (χ2n) is 6.30. The molecule has 1 atom stereocenters. The molecule has 5 nitrogen and oxygen atoms in total. The summed E-state index contributed by atoms with van der Waals surface area (Å²) in [7, 11) is 3.93. The first-order valence-electron chi connectivity index (χ1n) is 7.42. The summed E-state index contributed by atoms with van der Waals surface area (Å²) in [6, 6.07) is 0. The maximum atomic E-state index is 10.4. The molecule has 0 saturated carbocycles. The molecule has 0 bridgehead atoms. The van der Waals surface area contributed by atoms with E-state index < -0.39 is 5.60 Å². The lowest BCUT2D eigenvalue weighted by Gasteiger charge is -2.27. The van der Waals surface area contributed by atoms with E-state index in [0.29, 0.717) is 13.1 Å². The van der Waals surface area contributed by atoms with Crippen molar-refractivity contribution in [3.8, 4) is 0 Å². The van der Waals surface area contributed by atoms with Crippen molar-refractivity contribution in [3.05, 3.63) is 17.6 Å². The van der Waals surface area contributed by atoms with Crippen LogP contribution in [-0.2, 0) is 12.8 Å². The summed E-state index contributed by atoms with van der Waals surface area (Å²) in [5, 5.41) is 13.7. The largest absolute Gasteiger partial charge is 0.387 e. The van der Waals surface area contributed by atoms with Gasteiger partial charge in [0.15, 0.2) is 0 Å². The van der Waals surface area contributed by atoms with E-state index in [4.69, 9.17) is 0 Å². The maximum absolute atomic E-state index is 10.4. The fourth-order valence-electron chi connectivity index (χ4n) is 2.86. The van der Waals surface area contributed by atoms with Crippen LogP contribution < -0.4 is 5.32 Å². The Morgan fingerprint density at radius 1 is 1.25 bits per heavy atom. The Morgan fingerprint density at radius 3 is 2.75 bits per heavy atom. The first-order valence-corrected chi connectivity index (χ1v) is 7.42. The van der Waals surface area contributed by atoms with Gasteiger partial charge in [0.05, 0.1) is 5.60 Å². The summed E-state index contributed by atoms with van der Waals surface area (Å²) in [4.78, 5) is 10.8. The molecule has 1 aromatic heterocycles. The molecule has 1 heterocycles. The topological polar surface area (TPSA) is 61.3 Å². The van der Waals surface area contributed by atoms with Crippen molar-refractivity contribution in [2.24, 2.45) is 0 Å². The normalized spacial score (nSPS) is 18.2. The van der Waals surface area contributed by atoms with E-state index in [1.165, 1.54) is 30.5 Å². The van der Waals surface area contributed by atoms with Gasteiger partial charge in [-0.25, -0.2) is 9.97 Å². The molecule has 1 aromatic rings. The lowest BCUT2D eigenvalue weighted by Crippen LogP contribution is -2.43. The molecule has 20 heavy (non-hydrogen) atoms. The van der Waals surface area contributed by atoms with Gasteiger partial charge in [-0.1, -0.05) is 6.42 Å². The molecule has 0 radical (unpaired) electrons. The highest BCUT2D eigenvalue weighted by Crippen LogP contribution is 2.24. The molecule has 0 amide bonds. The summed E-state index contributed by atoms with van der Waals surface area (Å²) >= 11 is 0. The predicted octanol–water partition coefficient (Wildman–Crippen LogP) is 1.47. The Labute approximate surface area is 121 Å². The lowest BCUT2D eigenvalue weighted by molar-refractivity contribution is 0.0459. The minimum absolute atomic E-state index is 0.495. The van der Waals surface area contributed by atoms with Gasteiger partial charge < -0.3 is 15.3 Å². The van der Waals surface area contributed by atoms with Crippen molar-refractivity contribution in [2.45, 2.75) is 44.6 Å². The van der Waals surface area contributed by atoms with Gasteiger partial charge in [-0.05, 0) is 46.7 Å². The average molecular weight is 278 g/mol. The highest BCUT2D eigenvalue weighted by atomic mass is 16.3. The van der Waals surface area contributed by atoms with Gasteiger partial charge in [-0.2, -0.15) is 0 Å². The van der Waals surface area contributed by atoms with E-state index in [2.05, 4.69) is 15.3 Å². The monoisotopic (exact) mass is 278 g/mol. The van der Waals surface area contributed by atoms with Gasteiger partial charge in [0, 0.05) is 24.3 Å². The maximum Gasteiger partial charge on any atom is 0.132 e. The van der Waals surface area contributed by atoms with Gasteiger partial charge >= 0.3 is 0 Å². The lowest BCUT2D eigenvalue weighted by atomic mass is 10.1. The second kappa shape index (κ2) is 6.50. The Kier molecular flexibility index (Phi) is 4.94. The zero-order valence-corrected chi connectivity index (χ0v) is 12.8. The van der Waals surface area contributed by atoms with Crippen molar-refractivity contribution >= 4 is 5.82 Å². The van der Waals surface area contributed by atoms with Crippen LogP contribution in [0.5, 0.6) is 0 Å². The van der Waals surface area contributed by atoms with Crippen LogP contribution in [0.4, 0.5) is 5.82 Å². The van der Waals surface area contributed by atoms with Crippen molar-refractivity contribution in [1.29, 1.82) is 0 Å². The minimum atomic E-state index is -0.772. The average Bonchev–Trinajstić information content (AvgIpc) is 2.60. The number of aromatic nitrogens is 2. The molecule has 1 aliphatic carbocycles. The van der Waals surface area contributed by atoms with Crippen LogP contribution in [0.25, 0.3) is 0 Å². The number of hydrogen-bond acceptors (Lipinski definition) is 5. The number of likely N-dealkylation sites (N-methyl/N-ethyl adjacent to an activating group) is 1. The summed E-state index contributed by atoms with van der Waals surface area (Å²) in [6.07, 6.45) is 7.38. The zero-order chi connectivity index (χ0) is 14.6. The zero-order valence-electron chi connectivity index (χ0n) is 12.8. The highest BCUT2D eigenvalue weighted by molar-refractivity contribution is 5.46. The fraction of sp³-hybridized carbons (Fsp3) is 0.733. The first kappa shape index (κ1) is 15.2. The number of anilines is 1. The van der Waals surface area contributed by atoms with Crippen LogP contribution in [0, 0.1) is 0 Å². The van der Waals surface area contributed by atoms with Gasteiger partial charge in [0.25, 0.3) is 0 Å². The Balaban J connectivity index is 2.06. The van der Waals surface area contributed by atoms with Crippen LogP contribution in [0.3, 0.4) is 0 Å². The molecule has 1 aliphatic rings. The van der Waals surface area contributed by atoms with Gasteiger partial charge in [-0.15, -0.1) is 0 Å². The number of aryl methyl sites for hydroxylation is 1. The van der Waals surface area contributed by atoms with Crippen molar-refractivity contribution in [2.75, 3.05) is 32.5 Å². The molecule has 2 N–H and O–H groups in total. The summed E-state index contributed by atoms with van der Waals surface area (Å²) in [5.41, 5.74) is 1.64. The molecule has 5 heteroatoms. The summed E-state index contributed by atoms with van der Waals surface area (Å²) < 4.78 is 0. The number of rotatable bonds is 5. The second-order valence-corrected chi connectivity index (χ2v) is 6.30. The van der Waals surface area contributed by atoms with Crippen LogP contribution in [0.2, 0.25) is 0 Å². The molecule has 0 aliphatic heterocycles. The number of hydrogen-bond donors (Lipinski definition) is 2. The third kappa shape index (κ3) is 4.15. The molecule has 112 valence electrons. The SMILES string of the molecule is CN(C)CC(C)(O)CNc1ncnc2c1CCCCC2. The van der Waals surface area contributed by atoms with E-state index >= 15 is 0 Å². The summed E-state index contributed by atoms with van der Waals surface area (Å²) in [5.74, 6) is 0.899. The Hall–Kier alpha value is -1.20. The predicted molar refractivity (Wildman–Crippen MR) is 81.0 cm³/mol. The van der Waals surface area contributed by atoms with E-state index in [0.717, 1.165) is 18.7 Å². The van der Waals surface area contributed by atoms with E-state index in [9.17, 15) is 5.11 Å². The van der Waals surface area contributed by atoms with Crippen LogP contribution >= 0.6 is 0 Å². The van der Waals surface area contributed by atoms with E-state index in [1.807, 2.05) is 25.9 Å². The van der Waals surface area contributed by atoms with Crippen LogP contribution in [0.15, 0.2) is 6.33 Å².